The Morgan fingerprint density at radius 2 is 1.70 bits per heavy atom. The zero-order valence-corrected chi connectivity index (χ0v) is 17.6. The Hall–Kier alpha value is -2.10. The van der Waals surface area contributed by atoms with Gasteiger partial charge in [0.15, 0.2) is 5.78 Å². The number of Topliss-reactive ketones (excluding diaryl/α,β-unsaturated/α-hetero) is 1. The molecule has 0 bridgehead atoms. The number of nitrogens with zero attached hydrogens (tertiary/aromatic N) is 2. The van der Waals surface area contributed by atoms with Gasteiger partial charge in [0.2, 0.25) is 0 Å². The monoisotopic (exact) mass is 384 g/mol. The van der Waals surface area contributed by atoms with Gasteiger partial charge >= 0.3 is 0 Å². The molecule has 0 amide bonds. The van der Waals surface area contributed by atoms with Crippen LogP contribution in [0.5, 0.6) is 0 Å². The summed E-state index contributed by atoms with van der Waals surface area (Å²) in [5.41, 5.74) is 5.75. The molecule has 2 heterocycles. The molecule has 0 N–H and O–H groups in total. The molecule has 3 nitrogen and oxygen atoms in total. The fourth-order valence-electron chi connectivity index (χ4n) is 4.39. The molecule has 0 aliphatic rings. The Balaban J connectivity index is 0.00000261. The summed E-state index contributed by atoms with van der Waals surface area (Å²) >= 11 is 0. The number of aromatic nitrogens is 1. The van der Waals surface area contributed by atoms with E-state index in [9.17, 15) is 4.79 Å². The van der Waals surface area contributed by atoms with Crippen molar-refractivity contribution in [3.05, 3.63) is 77.1 Å². The van der Waals surface area contributed by atoms with Crippen molar-refractivity contribution in [2.45, 2.75) is 33.2 Å². The number of carbonyl (C=O) groups is 1. The Kier molecular flexibility index (Phi) is 6.50. The number of benzene rings is 1. The lowest BCUT2D eigenvalue weighted by Gasteiger charge is -2.33. The predicted octanol–water partition coefficient (Wildman–Crippen LogP) is 1.83. The Morgan fingerprint density at radius 3 is 2.33 bits per heavy atom. The minimum absolute atomic E-state index is 0. The topological polar surface area (TPSA) is 21.5 Å². The normalized spacial score (nSPS) is 12.6. The molecule has 27 heavy (non-hydrogen) atoms. The molecule has 0 saturated heterocycles. The van der Waals surface area contributed by atoms with Crippen LogP contribution >= 0.6 is 0 Å². The maximum absolute atomic E-state index is 12.2. The molecule has 1 unspecified atom stereocenters. The van der Waals surface area contributed by atoms with Crippen LogP contribution in [0.4, 0.5) is 0 Å². The van der Waals surface area contributed by atoms with Crippen molar-refractivity contribution in [2.75, 3.05) is 20.6 Å². The van der Waals surface area contributed by atoms with E-state index in [1.807, 2.05) is 12.3 Å². The van der Waals surface area contributed by atoms with Gasteiger partial charge in [-0.3, -0.25) is 4.79 Å². The summed E-state index contributed by atoms with van der Waals surface area (Å²) in [6.45, 7) is 8.04. The minimum atomic E-state index is 0. The van der Waals surface area contributed by atoms with E-state index in [0.717, 1.165) is 34.3 Å². The average Bonchev–Trinajstić information content (AvgIpc) is 2.86. The molecule has 0 aliphatic heterocycles. The molecule has 0 spiro atoms. The third kappa shape index (κ3) is 4.42. The van der Waals surface area contributed by atoms with Gasteiger partial charge in [-0.15, -0.1) is 0 Å². The summed E-state index contributed by atoms with van der Waals surface area (Å²) in [5.74, 6) is 0.486. The van der Waals surface area contributed by atoms with Gasteiger partial charge < -0.3 is 21.3 Å². The van der Waals surface area contributed by atoms with E-state index in [-0.39, 0.29) is 18.2 Å². The number of fused-ring (bicyclic) bond motifs is 1. The second-order valence-electron chi connectivity index (χ2n) is 8.06. The van der Waals surface area contributed by atoms with Crippen LogP contribution in [0.15, 0.2) is 54.7 Å². The molecule has 2 aromatic heterocycles. The minimum Gasteiger partial charge on any atom is -1.00 e. The molecule has 0 saturated carbocycles. The van der Waals surface area contributed by atoms with Crippen molar-refractivity contribution in [1.82, 2.24) is 4.40 Å². The Labute approximate surface area is 168 Å². The highest BCUT2D eigenvalue weighted by molar-refractivity contribution is 5.96. The summed E-state index contributed by atoms with van der Waals surface area (Å²) in [4.78, 5) is 12.2. The van der Waals surface area contributed by atoms with Gasteiger partial charge in [-0.1, -0.05) is 43.3 Å². The summed E-state index contributed by atoms with van der Waals surface area (Å²) in [6, 6.07) is 16.8. The van der Waals surface area contributed by atoms with Gasteiger partial charge in [0.25, 0.3) is 0 Å². The van der Waals surface area contributed by atoms with Crippen molar-refractivity contribution >= 4 is 11.3 Å². The maximum Gasteiger partial charge on any atom is 0.176 e. The first-order chi connectivity index (χ1) is 12.3. The summed E-state index contributed by atoms with van der Waals surface area (Å²) in [6.07, 6.45) is 2.00. The smallest absolute Gasteiger partial charge is 0.176 e. The molecule has 0 fully saturated rings. The number of halogens is 1. The first-order valence-corrected chi connectivity index (χ1v) is 9.26. The molecule has 0 aliphatic carbocycles. The number of hydrogen-bond acceptors (Lipinski definition) is 1. The van der Waals surface area contributed by atoms with Crippen LogP contribution in [0, 0.1) is 6.92 Å². The van der Waals surface area contributed by atoms with E-state index < -0.39 is 0 Å². The maximum atomic E-state index is 12.2. The summed E-state index contributed by atoms with van der Waals surface area (Å²) < 4.78 is 2.96. The second-order valence-corrected chi connectivity index (χ2v) is 8.06. The highest BCUT2D eigenvalue weighted by Gasteiger charge is 2.27. The highest BCUT2D eigenvalue weighted by Crippen LogP contribution is 2.32. The highest BCUT2D eigenvalue weighted by atomic mass is 35.5. The van der Waals surface area contributed by atoms with Crippen LogP contribution in [0.1, 0.15) is 46.9 Å². The number of rotatable bonds is 6. The van der Waals surface area contributed by atoms with E-state index in [0.29, 0.717) is 5.92 Å². The van der Waals surface area contributed by atoms with Gasteiger partial charge in [-0.2, -0.15) is 0 Å². The van der Waals surface area contributed by atoms with Crippen molar-refractivity contribution in [1.29, 1.82) is 0 Å². The molecule has 144 valence electrons. The zero-order valence-electron chi connectivity index (χ0n) is 16.9. The lowest BCUT2D eigenvalue weighted by molar-refractivity contribution is -0.904. The fraction of sp³-hybridized carbons (Fsp3) is 0.348. The molecule has 1 aromatic carbocycles. The van der Waals surface area contributed by atoms with E-state index in [2.05, 4.69) is 74.8 Å². The molecular weight excluding hydrogens is 356 g/mol. The van der Waals surface area contributed by atoms with Gasteiger partial charge in [-0.25, -0.2) is 0 Å². The number of likely N-dealkylation sites (N-methyl/N-ethyl adjacent to an activating group) is 1. The zero-order chi connectivity index (χ0) is 18.9. The number of quaternary nitrogens is 1. The van der Waals surface area contributed by atoms with E-state index in [1.165, 1.54) is 11.1 Å². The van der Waals surface area contributed by atoms with Crippen LogP contribution in [0.2, 0.25) is 0 Å². The third-order valence-electron chi connectivity index (χ3n) is 5.18. The number of carbonyl (C=O) groups excluding carboxylic acids is 1. The number of ketones is 1. The SMILES string of the molecule is CC(=O)c1c(C)c(C(C)C[N+](C)(C)Cc2ccccc2)c2ccccn12.[Cl-]. The lowest BCUT2D eigenvalue weighted by Crippen LogP contribution is -3.00. The standard InChI is InChI=1S/C23H29N2O.ClH/c1-17(15-25(4,5)16-20-11-7-6-8-12-20)22-18(2)23(19(3)26)24-14-10-9-13-21(22)24;/h6-14,17H,15-16H2,1-5H3;1H/q+1;/p-1. The van der Waals surface area contributed by atoms with Gasteiger partial charge in [0.05, 0.1) is 26.3 Å². The number of hydrogen-bond donors (Lipinski definition) is 0. The van der Waals surface area contributed by atoms with E-state index in [4.69, 9.17) is 0 Å². The number of pyridine rings is 1. The first kappa shape index (κ1) is 21.2. The van der Waals surface area contributed by atoms with Crippen LogP contribution in [0.25, 0.3) is 5.52 Å². The van der Waals surface area contributed by atoms with Gasteiger partial charge in [-0.05, 0) is 30.2 Å². The van der Waals surface area contributed by atoms with Crippen molar-refractivity contribution in [2.24, 2.45) is 0 Å². The van der Waals surface area contributed by atoms with E-state index >= 15 is 0 Å². The molecule has 1 atom stereocenters. The lowest BCUT2D eigenvalue weighted by atomic mass is 9.95. The molecular formula is C23H29ClN2O. The van der Waals surface area contributed by atoms with Crippen LogP contribution in [-0.4, -0.2) is 35.3 Å². The fourth-order valence-corrected chi connectivity index (χ4v) is 4.39. The van der Waals surface area contributed by atoms with Crippen molar-refractivity contribution < 1.29 is 21.7 Å². The Bertz CT molecular complexity index is 928. The van der Waals surface area contributed by atoms with Crippen LogP contribution < -0.4 is 12.4 Å². The summed E-state index contributed by atoms with van der Waals surface area (Å²) in [5, 5.41) is 0. The average molecular weight is 385 g/mol. The van der Waals surface area contributed by atoms with Crippen LogP contribution in [0.3, 0.4) is 0 Å². The van der Waals surface area contributed by atoms with Crippen LogP contribution in [-0.2, 0) is 6.54 Å². The molecule has 3 aromatic rings. The largest absolute Gasteiger partial charge is 1.00 e. The molecule has 0 radical (unpaired) electrons. The van der Waals surface area contributed by atoms with E-state index in [1.54, 1.807) is 6.92 Å². The first-order valence-electron chi connectivity index (χ1n) is 9.26. The third-order valence-corrected chi connectivity index (χ3v) is 5.18. The van der Waals surface area contributed by atoms with Gasteiger partial charge in [0.1, 0.15) is 6.54 Å². The summed E-state index contributed by atoms with van der Waals surface area (Å²) in [7, 11) is 4.56. The van der Waals surface area contributed by atoms with Crippen molar-refractivity contribution in [3.8, 4) is 0 Å². The van der Waals surface area contributed by atoms with Gasteiger partial charge in [0, 0.05) is 30.1 Å². The van der Waals surface area contributed by atoms with Crippen molar-refractivity contribution in [3.63, 3.8) is 0 Å². The molecule has 4 heteroatoms. The molecule has 3 rings (SSSR count). The predicted molar refractivity (Wildman–Crippen MR) is 108 cm³/mol. The second kappa shape index (κ2) is 8.28. The Morgan fingerprint density at radius 1 is 1.07 bits per heavy atom. The quantitative estimate of drug-likeness (QED) is 0.469.